The number of carbonyl (C=O) groups is 2. The summed E-state index contributed by atoms with van der Waals surface area (Å²) in [6, 6.07) is 10.2. The molecule has 154 valence electrons. The molecule has 0 radical (unpaired) electrons. The Morgan fingerprint density at radius 2 is 2.03 bits per heavy atom. The first-order valence-corrected chi connectivity index (χ1v) is 11.4. The second-order valence-electron chi connectivity index (χ2n) is 7.78. The van der Waals surface area contributed by atoms with Crippen LogP contribution in [0.1, 0.15) is 37.1 Å². The van der Waals surface area contributed by atoms with Gasteiger partial charge in [0.2, 0.25) is 11.8 Å². The zero-order valence-corrected chi connectivity index (χ0v) is 17.4. The lowest BCUT2D eigenvalue weighted by molar-refractivity contribution is -0.135. The number of carbonyl (C=O) groups excluding carboxylic acids is 2. The summed E-state index contributed by atoms with van der Waals surface area (Å²) in [5.41, 5.74) is 2.08. The maximum absolute atomic E-state index is 12.5. The molecule has 1 aliphatic heterocycles. The lowest BCUT2D eigenvalue weighted by atomic mass is 10.0. The quantitative estimate of drug-likeness (QED) is 0.733. The molecule has 29 heavy (non-hydrogen) atoms. The van der Waals surface area contributed by atoms with Crippen molar-refractivity contribution in [3.05, 3.63) is 40.7 Å². The molecule has 1 saturated heterocycles. The van der Waals surface area contributed by atoms with Crippen LogP contribution in [0.2, 0.25) is 0 Å². The minimum absolute atomic E-state index is 0.00859. The van der Waals surface area contributed by atoms with Crippen LogP contribution in [-0.2, 0) is 16.0 Å². The fourth-order valence-corrected chi connectivity index (χ4v) is 5.15. The zero-order chi connectivity index (χ0) is 20.1. The van der Waals surface area contributed by atoms with Crippen molar-refractivity contribution in [2.24, 2.45) is 0 Å². The number of nitrogens with one attached hydrogen (secondary N) is 2. The molecular weight excluding hydrogens is 384 g/mol. The first kappa shape index (κ1) is 20.0. The van der Waals surface area contributed by atoms with E-state index in [-0.39, 0.29) is 24.3 Å². The summed E-state index contributed by atoms with van der Waals surface area (Å²) in [5, 5.41) is 8.96. The molecule has 2 aliphatic rings. The lowest BCUT2D eigenvalue weighted by Crippen LogP contribution is -2.59. The molecule has 2 amide bonds. The van der Waals surface area contributed by atoms with Crippen molar-refractivity contribution in [1.82, 2.24) is 20.5 Å². The van der Waals surface area contributed by atoms with Gasteiger partial charge in [0.25, 0.3) is 0 Å². The average Bonchev–Trinajstić information content (AvgIpc) is 3.42. The molecular formula is C22H28N4O2S. The summed E-state index contributed by atoms with van der Waals surface area (Å²) in [6.07, 6.45) is 5.65. The minimum atomic E-state index is -0.337. The largest absolute Gasteiger partial charge is 0.356 e. The molecule has 4 rings (SSSR count). The third kappa shape index (κ3) is 5.03. The van der Waals surface area contributed by atoms with Crippen LogP contribution in [-0.4, -0.2) is 53.4 Å². The monoisotopic (exact) mass is 412 g/mol. The van der Waals surface area contributed by atoms with E-state index in [9.17, 15) is 9.59 Å². The van der Waals surface area contributed by atoms with Crippen molar-refractivity contribution in [3.63, 3.8) is 0 Å². The van der Waals surface area contributed by atoms with Crippen LogP contribution < -0.4 is 10.6 Å². The van der Waals surface area contributed by atoms with Crippen molar-refractivity contribution in [2.75, 3.05) is 19.6 Å². The fraction of sp³-hybridized carbons (Fsp3) is 0.500. The van der Waals surface area contributed by atoms with Gasteiger partial charge < -0.3 is 10.6 Å². The minimum Gasteiger partial charge on any atom is -0.356 e. The molecule has 1 saturated carbocycles. The number of amides is 2. The van der Waals surface area contributed by atoms with Gasteiger partial charge in [-0.15, -0.1) is 11.3 Å². The topological polar surface area (TPSA) is 74.3 Å². The Morgan fingerprint density at radius 1 is 1.24 bits per heavy atom. The predicted octanol–water partition coefficient (Wildman–Crippen LogP) is 2.60. The molecule has 2 aromatic rings. The van der Waals surface area contributed by atoms with Gasteiger partial charge in [-0.1, -0.05) is 43.2 Å². The SMILES string of the molecule is O=C(CC1C(=O)NCCN1C1CCCC1)NCCc1nc(-c2ccccc2)cs1. The van der Waals surface area contributed by atoms with Gasteiger partial charge in [-0.2, -0.15) is 0 Å². The van der Waals surface area contributed by atoms with Gasteiger partial charge in [-0.05, 0) is 12.8 Å². The van der Waals surface area contributed by atoms with Crippen molar-refractivity contribution >= 4 is 23.2 Å². The first-order chi connectivity index (χ1) is 14.2. The fourth-order valence-electron chi connectivity index (χ4n) is 4.34. The molecule has 0 spiro atoms. The number of hydrogen-bond acceptors (Lipinski definition) is 5. The first-order valence-electron chi connectivity index (χ1n) is 10.5. The highest BCUT2D eigenvalue weighted by Gasteiger charge is 2.36. The number of benzene rings is 1. The summed E-state index contributed by atoms with van der Waals surface area (Å²) in [7, 11) is 0. The number of thiazole rings is 1. The number of rotatable bonds is 7. The van der Waals surface area contributed by atoms with E-state index < -0.39 is 0 Å². The molecule has 1 aromatic carbocycles. The zero-order valence-electron chi connectivity index (χ0n) is 16.6. The van der Waals surface area contributed by atoms with Gasteiger partial charge in [0.1, 0.15) is 0 Å². The molecule has 6 nitrogen and oxygen atoms in total. The van der Waals surface area contributed by atoms with Crippen LogP contribution in [0.3, 0.4) is 0 Å². The molecule has 0 bridgehead atoms. The number of aromatic nitrogens is 1. The van der Waals surface area contributed by atoms with Crippen molar-refractivity contribution in [2.45, 2.75) is 50.6 Å². The van der Waals surface area contributed by atoms with Gasteiger partial charge in [0, 0.05) is 43.0 Å². The Labute approximate surface area is 175 Å². The van der Waals surface area contributed by atoms with Gasteiger partial charge in [0.05, 0.1) is 23.2 Å². The molecule has 1 aliphatic carbocycles. The van der Waals surface area contributed by atoms with Crippen LogP contribution >= 0.6 is 11.3 Å². The maximum atomic E-state index is 12.5. The highest BCUT2D eigenvalue weighted by molar-refractivity contribution is 7.09. The third-order valence-corrected chi connectivity index (χ3v) is 6.74. The summed E-state index contributed by atoms with van der Waals surface area (Å²) >= 11 is 1.61. The van der Waals surface area contributed by atoms with Gasteiger partial charge >= 0.3 is 0 Å². The van der Waals surface area contributed by atoms with Gasteiger partial charge in [-0.25, -0.2) is 4.98 Å². The standard InChI is InChI=1S/C22H28N4O2S/c27-20(14-19-22(28)24-12-13-26(19)17-8-4-5-9-17)23-11-10-21-25-18(15-29-21)16-6-2-1-3-7-16/h1-3,6-7,15,17,19H,4-5,8-14H2,(H,23,27)(H,24,28). The van der Waals surface area contributed by atoms with Crippen LogP contribution in [0.15, 0.2) is 35.7 Å². The molecule has 1 atom stereocenters. The summed E-state index contributed by atoms with van der Waals surface area (Å²) in [5.74, 6) is -0.0689. The van der Waals surface area contributed by atoms with Crippen LogP contribution in [0, 0.1) is 0 Å². The Kier molecular flexibility index (Phi) is 6.56. The van der Waals surface area contributed by atoms with Crippen LogP contribution in [0.4, 0.5) is 0 Å². The van der Waals surface area contributed by atoms with E-state index in [2.05, 4.69) is 25.9 Å². The van der Waals surface area contributed by atoms with E-state index in [1.165, 1.54) is 12.8 Å². The van der Waals surface area contributed by atoms with Crippen LogP contribution in [0.25, 0.3) is 11.3 Å². The number of hydrogen-bond donors (Lipinski definition) is 2. The van der Waals surface area contributed by atoms with Crippen molar-refractivity contribution in [3.8, 4) is 11.3 Å². The van der Waals surface area contributed by atoms with Gasteiger partial charge in [0.15, 0.2) is 0 Å². The Balaban J connectivity index is 1.27. The van der Waals surface area contributed by atoms with Crippen molar-refractivity contribution in [1.29, 1.82) is 0 Å². The Bertz CT molecular complexity index is 832. The second-order valence-corrected chi connectivity index (χ2v) is 8.72. The third-order valence-electron chi connectivity index (χ3n) is 5.83. The van der Waals surface area contributed by atoms with E-state index in [1.54, 1.807) is 11.3 Å². The van der Waals surface area contributed by atoms with E-state index in [1.807, 2.05) is 30.3 Å². The van der Waals surface area contributed by atoms with E-state index in [0.29, 0.717) is 25.6 Å². The van der Waals surface area contributed by atoms with E-state index in [4.69, 9.17) is 0 Å². The number of piperazine rings is 1. The molecule has 1 unspecified atom stereocenters. The van der Waals surface area contributed by atoms with E-state index >= 15 is 0 Å². The molecule has 7 heteroatoms. The second kappa shape index (κ2) is 9.50. The average molecular weight is 413 g/mol. The van der Waals surface area contributed by atoms with Crippen molar-refractivity contribution < 1.29 is 9.59 Å². The normalized spacial score (nSPS) is 20.6. The summed E-state index contributed by atoms with van der Waals surface area (Å²) < 4.78 is 0. The lowest BCUT2D eigenvalue weighted by Gasteiger charge is -2.38. The van der Waals surface area contributed by atoms with Crippen LogP contribution in [0.5, 0.6) is 0 Å². The number of nitrogens with zero attached hydrogens (tertiary/aromatic N) is 2. The predicted molar refractivity (Wildman–Crippen MR) is 115 cm³/mol. The highest BCUT2D eigenvalue weighted by Crippen LogP contribution is 2.27. The molecule has 2 N–H and O–H groups in total. The highest BCUT2D eigenvalue weighted by atomic mass is 32.1. The molecule has 1 aromatic heterocycles. The Hall–Kier alpha value is -2.25. The van der Waals surface area contributed by atoms with E-state index in [0.717, 1.165) is 35.7 Å². The summed E-state index contributed by atoms with van der Waals surface area (Å²) in [4.78, 5) is 31.8. The summed E-state index contributed by atoms with van der Waals surface area (Å²) in [6.45, 7) is 2.06. The molecule has 2 fully saturated rings. The maximum Gasteiger partial charge on any atom is 0.237 e. The Morgan fingerprint density at radius 3 is 2.83 bits per heavy atom. The smallest absolute Gasteiger partial charge is 0.237 e. The molecule has 2 heterocycles. The van der Waals surface area contributed by atoms with Gasteiger partial charge in [-0.3, -0.25) is 14.5 Å².